The highest BCUT2D eigenvalue weighted by molar-refractivity contribution is 7.92. The number of amides is 1. The minimum Gasteiger partial charge on any atom is -0.271 e. The lowest BCUT2D eigenvalue weighted by Crippen LogP contribution is -2.39. The van der Waals surface area contributed by atoms with E-state index in [0.717, 1.165) is 38.0 Å². The van der Waals surface area contributed by atoms with Crippen molar-refractivity contribution in [3.8, 4) is 0 Å². The van der Waals surface area contributed by atoms with Gasteiger partial charge in [-0.15, -0.1) is 0 Å². The zero-order valence-electron chi connectivity index (χ0n) is 16.6. The van der Waals surface area contributed by atoms with Crippen molar-refractivity contribution in [3.05, 3.63) is 77.4 Å². The van der Waals surface area contributed by atoms with E-state index < -0.39 is 15.9 Å². The van der Waals surface area contributed by atoms with E-state index in [0.29, 0.717) is 5.69 Å². The number of nitrogens with one attached hydrogen (secondary N) is 1. The van der Waals surface area contributed by atoms with Gasteiger partial charge in [0.05, 0.1) is 18.2 Å². The van der Waals surface area contributed by atoms with Gasteiger partial charge >= 0.3 is 0 Å². The highest BCUT2D eigenvalue weighted by Crippen LogP contribution is 2.21. The molecular weight excluding hydrogens is 386 g/mol. The lowest BCUT2D eigenvalue weighted by molar-refractivity contribution is -0.119. The van der Waals surface area contributed by atoms with Gasteiger partial charge in [-0.05, 0) is 47.9 Å². The molecule has 3 aromatic rings. The van der Waals surface area contributed by atoms with Crippen LogP contribution in [0.15, 0.2) is 65.8 Å². The van der Waals surface area contributed by atoms with Gasteiger partial charge in [0.1, 0.15) is 6.54 Å². The molecule has 0 aliphatic rings. The first-order valence-electron chi connectivity index (χ1n) is 9.10. The summed E-state index contributed by atoms with van der Waals surface area (Å²) in [4.78, 5) is 12.4. The monoisotopic (exact) mass is 409 g/mol. The average Bonchev–Trinajstić information content (AvgIpc) is 2.64. The van der Waals surface area contributed by atoms with Crippen LogP contribution >= 0.6 is 0 Å². The molecule has 3 rings (SSSR count). The molecule has 3 aromatic carbocycles. The van der Waals surface area contributed by atoms with Crippen molar-refractivity contribution in [3.63, 3.8) is 0 Å². The predicted octanol–water partition coefficient (Wildman–Crippen LogP) is 3.37. The fourth-order valence-electron chi connectivity index (χ4n) is 3.20. The van der Waals surface area contributed by atoms with Gasteiger partial charge in [-0.1, -0.05) is 48.5 Å². The van der Waals surface area contributed by atoms with Gasteiger partial charge in [0.2, 0.25) is 10.0 Å². The van der Waals surface area contributed by atoms with Crippen LogP contribution < -0.4 is 9.73 Å². The Kier molecular flexibility index (Phi) is 5.98. The van der Waals surface area contributed by atoms with Crippen molar-refractivity contribution in [2.45, 2.75) is 13.8 Å². The van der Waals surface area contributed by atoms with Crippen LogP contribution in [0.25, 0.3) is 10.8 Å². The number of carbonyl (C=O) groups excluding carboxylic acids is 1. The third kappa shape index (κ3) is 5.20. The van der Waals surface area contributed by atoms with Gasteiger partial charge in [-0.2, -0.15) is 5.10 Å². The summed E-state index contributed by atoms with van der Waals surface area (Å²) in [6, 6.07) is 19.1. The number of carbonyl (C=O) groups is 1. The summed E-state index contributed by atoms with van der Waals surface area (Å²) < 4.78 is 25.6. The molecule has 150 valence electrons. The first-order chi connectivity index (χ1) is 13.7. The second-order valence-corrected chi connectivity index (χ2v) is 8.88. The van der Waals surface area contributed by atoms with Gasteiger partial charge in [0.15, 0.2) is 0 Å². The minimum atomic E-state index is -3.63. The number of rotatable bonds is 6. The molecule has 0 atom stereocenters. The second kappa shape index (κ2) is 8.45. The zero-order valence-corrected chi connectivity index (χ0v) is 17.4. The summed E-state index contributed by atoms with van der Waals surface area (Å²) in [7, 11) is -3.63. The van der Waals surface area contributed by atoms with Gasteiger partial charge in [0, 0.05) is 5.56 Å². The predicted molar refractivity (Wildman–Crippen MR) is 118 cm³/mol. The smallest absolute Gasteiger partial charge is 0.260 e. The average molecular weight is 410 g/mol. The van der Waals surface area contributed by atoms with Crippen molar-refractivity contribution in [1.82, 2.24) is 5.43 Å². The molecule has 0 aliphatic carbocycles. The maximum atomic E-state index is 12.4. The first kappa shape index (κ1) is 20.5. The van der Waals surface area contributed by atoms with Crippen molar-refractivity contribution >= 4 is 38.6 Å². The SMILES string of the molecule is Cc1cc(C)cc(N(CC(=O)N/N=C\c2cccc3ccccc23)S(C)(=O)=O)c1. The largest absolute Gasteiger partial charge is 0.271 e. The lowest BCUT2D eigenvalue weighted by Gasteiger charge is -2.22. The van der Waals surface area contributed by atoms with Gasteiger partial charge in [-0.3, -0.25) is 9.10 Å². The number of hydrazone groups is 1. The van der Waals surface area contributed by atoms with Gasteiger partial charge in [0.25, 0.3) is 5.91 Å². The number of aryl methyl sites for hydroxylation is 2. The van der Waals surface area contributed by atoms with E-state index in [1.807, 2.05) is 62.4 Å². The molecule has 0 aliphatic heterocycles. The molecular formula is C22H23N3O3S. The molecule has 0 unspecified atom stereocenters. The van der Waals surface area contributed by atoms with Crippen molar-refractivity contribution in [2.75, 3.05) is 17.1 Å². The fourth-order valence-corrected chi connectivity index (χ4v) is 4.04. The van der Waals surface area contributed by atoms with Crippen LogP contribution in [-0.4, -0.2) is 33.3 Å². The van der Waals surface area contributed by atoms with Crippen LogP contribution in [0.1, 0.15) is 16.7 Å². The molecule has 7 heteroatoms. The van der Waals surface area contributed by atoms with Crippen LogP contribution in [0.4, 0.5) is 5.69 Å². The highest BCUT2D eigenvalue weighted by Gasteiger charge is 2.21. The molecule has 29 heavy (non-hydrogen) atoms. The number of benzene rings is 3. The Labute approximate surface area is 170 Å². The van der Waals surface area contributed by atoms with E-state index in [-0.39, 0.29) is 6.54 Å². The first-order valence-corrected chi connectivity index (χ1v) is 10.9. The normalized spacial score (nSPS) is 11.7. The topological polar surface area (TPSA) is 78.8 Å². The van der Waals surface area contributed by atoms with Crippen molar-refractivity contribution in [1.29, 1.82) is 0 Å². The number of fused-ring (bicyclic) bond motifs is 1. The Balaban J connectivity index is 1.76. The van der Waals surface area contributed by atoms with E-state index in [4.69, 9.17) is 0 Å². The van der Waals surface area contributed by atoms with Crippen LogP contribution in [0, 0.1) is 13.8 Å². The molecule has 6 nitrogen and oxygen atoms in total. The molecule has 0 spiro atoms. The van der Waals surface area contributed by atoms with Crippen LogP contribution in [0.3, 0.4) is 0 Å². The maximum Gasteiger partial charge on any atom is 0.260 e. The van der Waals surface area contributed by atoms with Crippen LogP contribution in [0.2, 0.25) is 0 Å². The highest BCUT2D eigenvalue weighted by atomic mass is 32.2. The quantitative estimate of drug-likeness (QED) is 0.501. The van der Waals surface area contributed by atoms with Crippen LogP contribution in [-0.2, 0) is 14.8 Å². The minimum absolute atomic E-state index is 0.353. The number of nitrogens with zero attached hydrogens (tertiary/aromatic N) is 2. The summed E-state index contributed by atoms with van der Waals surface area (Å²) >= 11 is 0. The number of hydrogen-bond acceptors (Lipinski definition) is 4. The van der Waals surface area contributed by atoms with Crippen molar-refractivity contribution < 1.29 is 13.2 Å². The molecule has 0 heterocycles. The Hall–Kier alpha value is -3.19. The Bertz CT molecular complexity index is 1160. The third-order valence-electron chi connectivity index (χ3n) is 4.40. The summed E-state index contributed by atoms with van der Waals surface area (Å²) in [5, 5.41) is 6.09. The van der Waals surface area contributed by atoms with E-state index >= 15 is 0 Å². The Morgan fingerprint density at radius 2 is 1.69 bits per heavy atom. The molecule has 0 saturated heterocycles. The summed E-state index contributed by atoms with van der Waals surface area (Å²) in [6.45, 7) is 3.41. The van der Waals surface area contributed by atoms with E-state index in [1.54, 1.807) is 18.3 Å². The fraction of sp³-hybridized carbons (Fsp3) is 0.182. The Morgan fingerprint density at radius 3 is 2.38 bits per heavy atom. The number of anilines is 1. The van der Waals surface area contributed by atoms with Crippen molar-refractivity contribution in [2.24, 2.45) is 5.10 Å². The summed E-state index contributed by atoms with van der Waals surface area (Å²) in [6.07, 6.45) is 2.64. The van der Waals surface area contributed by atoms with Gasteiger partial charge < -0.3 is 0 Å². The molecule has 0 radical (unpaired) electrons. The second-order valence-electron chi connectivity index (χ2n) is 6.98. The summed E-state index contributed by atoms with van der Waals surface area (Å²) in [5.74, 6) is -0.522. The summed E-state index contributed by atoms with van der Waals surface area (Å²) in [5.41, 5.74) is 5.58. The van der Waals surface area contributed by atoms with E-state index in [9.17, 15) is 13.2 Å². The molecule has 0 fully saturated rings. The lowest BCUT2D eigenvalue weighted by atomic mass is 10.1. The molecule has 0 bridgehead atoms. The maximum absolute atomic E-state index is 12.4. The standard InChI is InChI=1S/C22H23N3O3S/c1-16-11-17(2)13-20(12-16)25(29(3,27)28)15-22(26)24-23-14-19-9-6-8-18-7-4-5-10-21(18)19/h4-14H,15H2,1-3H3,(H,24,26)/b23-14-. The number of sulfonamides is 1. The molecule has 0 aromatic heterocycles. The molecule has 1 amide bonds. The Morgan fingerprint density at radius 1 is 1.03 bits per heavy atom. The third-order valence-corrected chi connectivity index (χ3v) is 5.54. The van der Waals surface area contributed by atoms with Crippen LogP contribution in [0.5, 0.6) is 0 Å². The zero-order chi connectivity index (χ0) is 21.0. The van der Waals surface area contributed by atoms with Gasteiger partial charge in [-0.25, -0.2) is 13.8 Å². The number of hydrogen-bond donors (Lipinski definition) is 1. The molecule has 1 N–H and O–H groups in total. The van der Waals surface area contributed by atoms with E-state index in [2.05, 4.69) is 10.5 Å². The van der Waals surface area contributed by atoms with E-state index in [1.165, 1.54) is 0 Å². The molecule has 0 saturated carbocycles.